The van der Waals surface area contributed by atoms with Gasteiger partial charge in [-0.05, 0) is 25.5 Å². The average molecular weight is 345 g/mol. The molecule has 1 aromatic rings. The molecule has 1 saturated heterocycles. The van der Waals surface area contributed by atoms with Gasteiger partial charge in [-0.15, -0.1) is 0 Å². The van der Waals surface area contributed by atoms with E-state index in [2.05, 4.69) is 5.32 Å². The first-order valence-electron chi connectivity index (χ1n) is 7.35. The number of anilines is 1. The number of pyridine rings is 1. The summed E-state index contributed by atoms with van der Waals surface area (Å²) in [4.78, 5) is 37.4. The van der Waals surface area contributed by atoms with Crippen LogP contribution in [0.25, 0.3) is 0 Å². The van der Waals surface area contributed by atoms with Crippen LogP contribution in [0.4, 0.5) is 18.9 Å². The van der Waals surface area contributed by atoms with Crippen molar-refractivity contribution in [1.29, 1.82) is 0 Å². The maximum atomic E-state index is 12.5. The zero-order valence-corrected chi connectivity index (χ0v) is 13.3. The summed E-state index contributed by atoms with van der Waals surface area (Å²) in [6.07, 6.45) is -3.10. The van der Waals surface area contributed by atoms with Crippen molar-refractivity contribution in [2.75, 3.05) is 18.4 Å². The van der Waals surface area contributed by atoms with Gasteiger partial charge in [0.25, 0.3) is 5.56 Å². The quantitative estimate of drug-likeness (QED) is 0.905. The van der Waals surface area contributed by atoms with Crippen molar-refractivity contribution in [2.45, 2.75) is 33.0 Å². The van der Waals surface area contributed by atoms with Gasteiger partial charge in [0.15, 0.2) is 0 Å². The maximum absolute atomic E-state index is 12.5. The molecule has 0 aliphatic carbocycles. The molecular formula is C15H18F3N3O3. The van der Waals surface area contributed by atoms with Crippen LogP contribution < -0.4 is 10.9 Å². The lowest BCUT2D eigenvalue weighted by atomic mass is 9.88. The molecule has 1 aromatic heterocycles. The van der Waals surface area contributed by atoms with Crippen molar-refractivity contribution < 1.29 is 22.8 Å². The number of hydrogen-bond donors (Lipinski definition) is 1. The second-order valence-electron chi connectivity index (χ2n) is 6.18. The predicted octanol–water partition coefficient (Wildman–Crippen LogP) is 1.61. The first kappa shape index (κ1) is 18.0. The molecule has 0 aromatic carbocycles. The molecule has 0 radical (unpaired) electrons. The zero-order chi connectivity index (χ0) is 18.1. The minimum atomic E-state index is -4.54. The van der Waals surface area contributed by atoms with Gasteiger partial charge in [-0.3, -0.25) is 14.4 Å². The molecule has 2 rings (SSSR count). The Labute approximate surface area is 136 Å². The highest BCUT2D eigenvalue weighted by Crippen LogP contribution is 2.31. The molecule has 1 fully saturated rings. The van der Waals surface area contributed by atoms with Crippen LogP contribution in [0.5, 0.6) is 0 Å². The van der Waals surface area contributed by atoms with Crippen LogP contribution in [0.1, 0.15) is 20.3 Å². The smallest absolute Gasteiger partial charge is 0.342 e. The Kier molecular flexibility index (Phi) is 4.73. The van der Waals surface area contributed by atoms with Crippen LogP contribution in [0.2, 0.25) is 0 Å². The van der Waals surface area contributed by atoms with E-state index < -0.39 is 29.6 Å². The third-order valence-electron chi connectivity index (χ3n) is 4.08. The van der Waals surface area contributed by atoms with Crippen LogP contribution in [0.15, 0.2) is 23.1 Å². The average Bonchev–Trinajstić information content (AvgIpc) is 2.86. The molecular weight excluding hydrogens is 327 g/mol. The molecule has 0 bridgehead atoms. The van der Waals surface area contributed by atoms with Crippen LogP contribution >= 0.6 is 0 Å². The number of carbonyl (C=O) groups excluding carboxylic acids is 2. The third kappa shape index (κ3) is 3.95. The van der Waals surface area contributed by atoms with Gasteiger partial charge >= 0.3 is 6.18 Å². The number of likely N-dealkylation sites (tertiary alicyclic amines) is 1. The molecule has 9 heteroatoms. The van der Waals surface area contributed by atoms with Crippen molar-refractivity contribution in [3.05, 3.63) is 28.7 Å². The summed E-state index contributed by atoms with van der Waals surface area (Å²) < 4.78 is 37.9. The van der Waals surface area contributed by atoms with E-state index in [0.717, 1.165) is 6.20 Å². The summed E-state index contributed by atoms with van der Waals surface area (Å²) in [5.41, 5.74) is -2.02. The molecule has 1 N–H and O–H groups in total. The van der Waals surface area contributed by atoms with Crippen LogP contribution in [-0.4, -0.2) is 40.5 Å². The minimum absolute atomic E-state index is 0.154. The summed E-state index contributed by atoms with van der Waals surface area (Å²) in [7, 11) is 0. The summed E-state index contributed by atoms with van der Waals surface area (Å²) in [5, 5.41) is 2.40. The van der Waals surface area contributed by atoms with E-state index >= 15 is 0 Å². The molecule has 1 atom stereocenters. The molecule has 132 valence electrons. The van der Waals surface area contributed by atoms with E-state index in [-0.39, 0.29) is 18.1 Å². The number of carbonyl (C=O) groups is 2. The number of amides is 2. The number of rotatable bonds is 3. The topological polar surface area (TPSA) is 71.4 Å². The van der Waals surface area contributed by atoms with Gasteiger partial charge in [-0.25, -0.2) is 0 Å². The Morgan fingerprint density at radius 2 is 2.04 bits per heavy atom. The summed E-state index contributed by atoms with van der Waals surface area (Å²) in [6, 6.07) is 2.52. The number of nitrogens with one attached hydrogen (secondary N) is 1. The van der Waals surface area contributed by atoms with Crippen LogP contribution in [0.3, 0.4) is 0 Å². The number of alkyl halides is 3. The molecule has 6 nitrogen and oxygen atoms in total. The van der Waals surface area contributed by atoms with Crippen molar-refractivity contribution >= 4 is 17.5 Å². The molecule has 1 aliphatic heterocycles. The van der Waals surface area contributed by atoms with Crippen LogP contribution in [0, 0.1) is 5.41 Å². The van der Waals surface area contributed by atoms with Crippen molar-refractivity contribution in [2.24, 2.45) is 5.41 Å². The lowest BCUT2D eigenvalue weighted by Gasteiger charge is -2.23. The second-order valence-corrected chi connectivity index (χ2v) is 6.18. The van der Waals surface area contributed by atoms with E-state index in [1.54, 1.807) is 6.92 Å². The lowest BCUT2D eigenvalue weighted by Crippen LogP contribution is -2.39. The maximum Gasteiger partial charge on any atom is 0.406 e. The van der Waals surface area contributed by atoms with Crippen molar-refractivity contribution in [3.8, 4) is 0 Å². The van der Waals surface area contributed by atoms with Gasteiger partial charge < -0.3 is 14.8 Å². The number of aromatic nitrogens is 1. The standard InChI is InChI=1S/C15H18F3N3O3/c1-10(22)20-7-5-14(2,8-20)13(24)19-11-4-3-6-21(12(11)23)9-15(16,17)18/h3-4,6H,5,7-9H2,1-2H3,(H,19,24). The number of hydrogen-bond acceptors (Lipinski definition) is 3. The van der Waals surface area contributed by atoms with E-state index in [9.17, 15) is 27.6 Å². The Morgan fingerprint density at radius 3 is 2.58 bits per heavy atom. The zero-order valence-electron chi connectivity index (χ0n) is 13.3. The molecule has 0 spiro atoms. The van der Waals surface area contributed by atoms with E-state index in [1.807, 2.05) is 0 Å². The van der Waals surface area contributed by atoms with Gasteiger partial charge in [0.1, 0.15) is 12.2 Å². The van der Waals surface area contributed by atoms with Gasteiger partial charge in [-0.2, -0.15) is 13.2 Å². The SMILES string of the molecule is CC(=O)N1CCC(C)(C(=O)Nc2cccn(CC(F)(F)F)c2=O)C1. The third-order valence-corrected chi connectivity index (χ3v) is 4.08. The normalized spacial score (nSPS) is 21.0. The first-order valence-corrected chi connectivity index (χ1v) is 7.35. The Balaban J connectivity index is 2.17. The highest BCUT2D eigenvalue weighted by Gasteiger charge is 2.41. The van der Waals surface area contributed by atoms with Crippen molar-refractivity contribution in [1.82, 2.24) is 9.47 Å². The summed E-state index contributed by atoms with van der Waals surface area (Å²) in [6.45, 7) is 2.26. The van der Waals surface area contributed by atoms with E-state index in [0.29, 0.717) is 17.5 Å². The molecule has 0 saturated carbocycles. The lowest BCUT2D eigenvalue weighted by molar-refractivity contribution is -0.141. The fourth-order valence-corrected chi connectivity index (χ4v) is 2.64. The highest BCUT2D eigenvalue weighted by molar-refractivity contribution is 5.95. The molecule has 1 aliphatic rings. The van der Waals surface area contributed by atoms with Crippen molar-refractivity contribution in [3.63, 3.8) is 0 Å². The fourth-order valence-electron chi connectivity index (χ4n) is 2.64. The van der Waals surface area contributed by atoms with Gasteiger partial charge in [-0.1, -0.05) is 0 Å². The molecule has 1 unspecified atom stereocenters. The summed E-state index contributed by atoms with van der Waals surface area (Å²) in [5.74, 6) is -0.646. The molecule has 2 amide bonds. The molecule has 2 heterocycles. The minimum Gasteiger partial charge on any atom is -0.342 e. The number of halogens is 3. The number of nitrogens with zero attached hydrogens (tertiary/aromatic N) is 2. The highest BCUT2D eigenvalue weighted by atomic mass is 19.4. The Hall–Kier alpha value is -2.32. The van der Waals surface area contributed by atoms with E-state index in [1.165, 1.54) is 24.0 Å². The van der Waals surface area contributed by atoms with Gasteiger partial charge in [0.05, 0.1) is 5.41 Å². The first-order chi connectivity index (χ1) is 11.0. The Bertz CT molecular complexity index is 714. The Morgan fingerprint density at radius 1 is 1.38 bits per heavy atom. The fraction of sp³-hybridized carbons (Fsp3) is 0.533. The van der Waals surface area contributed by atoms with Gasteiger partial charge in [0.2, 0.25) is 11.8 Å². The van der Waals surface area contributed by atoms with Crippen LogP contribution in [-0.2, 0) is 16.1 Å². The molecule has 24 heavy (non-hydrogen) atoms. The second kappa shape index (κ2) is 6.29. The van der Waals surface area contributed by atoms with E-state index in [4.69, 9.17) is 0 Å². The monoisotopic (exact) mass is 345 g/mol. The largest absolute Gasteiger partial charge is 0.406 e. The van der Waals surface area contributed by atoms with Gasteiger partial charge in [0, 0.05) is 26.2 Å². The summed E-state index contributed by atoms with van der Waals surface area (Å²) >= 11 is 0. The predicted molar refractivity (Wildman–Crippen MR) is 80.4 cm³/mol.